The maximum Gasteiger partial charge on any atom is 0.387 e. The van der Waals surface area contributed by atoms with E-state index in [9.17, 15) is 13.6 Å². The maximum absolute atomic E-state index is 12.3. The van der Waals surface area contributed by atoms with Crippen molar-refractivity contribution in [1.29, 1.82) is 0 Å². The van der Waals surface area contributed by atoms with Crippen LogP contribution in [0.25, 0.3) is 0 Å². The number of aryl methyl sites for hydroxylation is 1. The van der Waals surface area contributed by atoms with Crippen molar-refractivity contribution in [2.75, 3.05) is 5.32 Å². The van der Waals surface area contributed by atoms with Crippen LogP contribution in [-0.4, -0.2) is 12.5 Å². The Morgan fingerprint density at radius 1 is 1.24 bits per heavy atom. The number of hydrogen-bond donors (Lipinski definition) is 1. The number of amides is 1. The molecule has 0 aromatic heterocycles. The van der Waals surface area contributed by atoms with Crippen LogP contribution in [0.15, 0.2) is 46.9 Å². The molecule has 0 bridgehead atoms. The highest BCUT2D eigenvalue weighted by Gasteiger charge is 2.15. The fourth-order valence-corrected chi connectivity index (χ4v) is 2.47. The fraction of sp³-hybridized carbons (Fsp3) is 0.133. The molecule has 1 amide bonds. The van der Waals surface area contributed by atoms with Crippen molar-refractivity contribution >= 4 is 27.5 Å². The Bertz CT molecular complexity index is 642. The van der Waals surface area contributed by atoms with Crippen LogP contribution in [0, 0.1) is 6.92 Å². The first-order valence-electron chi connectivity index (χ1n) is 6.08. The molecule has 2 rings (SSSR count). The molecule has 6 heteroatoms. The van der Waals surface area contributed by atoms with Gasteiger partial charge in [-0.05, 0) is 42.8 Å². The molecule has 0 atom stereocenters. The first kappa shape index (κ1) is 15.4. The van der Waals surface area contributed by atoms with Crippen molar-refractivity contribution < 1.29 is 18.3 Å². The maximum atomic E-state index is 12.3. The number of carbonyl (C=O) groups is 1. The van der Waals surface area contributed by atoms with E-state index in [1.54, 1.807) is 18.2 Å². The molecule has 0 aliphatic carbocycles. The van der Waals surface area contributed by atoms with Gasteiger partial charge < -0.3 is 10.1 Å². The van der Waals surface area contributed by atoms with Gasteiger partial charge in [0.2, 0.25) is 0 Å². The summed E-state index contributed by atoms with van der Waals surface area (Å²) in [6.45, 7) is -1.10. The van der Waals surface area contributed by atoms with Crippen molar-refractivity contribution in [3.63, 3.8) is 0 Å². The van der Waals surface area contributed by atoms with E-state index in [1.807, 2.05) is 13.0 Å². The van der Waals surface area contributed by atoms with E-state index in [2.05, 4.69) is 26.0 Å². The quantitative estimate of drug-likeness (QED) is 0.869. The Kier molecular flexibility index (Phi) is 4.90. The van der Waals surface area contributed by atoms with Gasteiger partial charge in [0.15, 0.2) is 0 Å². The van der Waals surface area contributed by atoms with Crippen LogP contribution in [0.2, 0.25) is 0 Å². The normalized spacial score (nSPS) is 10.5. The third-order valence-corrected chi connectivity index (χ3v) is 3.11. The number of nitrogens with one attached hydrogen (secondary N) is 1. The average molecular weight is 356 g/mol. The number of ether oxygens (including phenoxy) is 1. The van der Waals surface area contributed by atoms with E-state index in [-0.39, 0.29) is 11.3 Å². The van der Waals surface area contributed by atoms with Crippen LogP contribution in [0.3, 0.4) is 0 Å². The van der Waals surface area contributed by atoms with Crippen LogP contribution in [-0.2, 0) is 0 Å². The summed E-state index contributed by atoms with van der Waals surface area (Å²) >= 11 is 3.33. The lowest BCUT2D eigenvalue weighted by molar-refractivity contribution is -0.0501. The molecule has 21 heavy (non-hydrogen) atoms. The lowest BCUT2D eigenvalue weighted by atomic mass is 10.1. The Balaban J connectivity index is 2.24. The van der Waals surface area contributed by atoms with E-state index < -0.39 is 12.5 Å². The van der Waals surface area contributed by atoms with Gasteiger partial charge in [0, 0.05) is 10.2 Å². The zero-order chi connectivity index (χ0) is 15.4. The molecule has 110 valence electrons. The van der Waals surface area contributed by atoms with Gasteiger partial charge in [-0.1, -0.05) is 28.1 Å². The lowest BCUT2D eigenvalue weighted by Gasteiger charge is -2.11. The number of hydrogen-bond acceptors (Lipinski definition) is 2. The van der Waals surface area contributed by atoms with Gasteiger partial charge in [-0.25, -0.2) is 0 Å². The molecule has 0 heterocycles. The minimum absolute atomic E-state index is 0.0513. The van der Waals surface area contributed by atoms with Crippen molar-refractivity contribution in [1.82, 2.24) is 0 Å². The summed E-state index contributed by atoms with van der Waals surface area (Å²) in [7, 11) is 0. The van der Waals surface area contributed by atoms with E-state index in [1.165, 1.54) is 18.2 Å². The fourth-order valence-electron chi connectivity index (χ4n) is 1.86. The van der Waals surface area contributed by atoms with Gasteiger partial charge in [-0.3, -0.25) is 4.79 Å². The zero-order valence-electron chi connectivity index (χ0n) is 11.1. The predicted molar refractivity (Wildman–Crippen MR) is 79.9 cm³/mol. The number of benzene rings is 2. The van der Waals surface area contributed by atoms with Gasteiger partial charge in [0.05, 0.1) is 5.56 Å². The molecule has 2 aromatic rings. The molecule has 0 aliphatic rings. The van der Waals surface area contributed by atoms with E-state index in [0.29, 0.717) is 5.69 Å². The third kappa shape index (κ3) is 4.26. The second-order valence-electron chi connectivity index (χ2n) is 4.35. The summed E-state index contributed by atoms with van der Waals surface area (Å²) in [4.78, 5) is 12.2. The molecule has 0 saturated heterocycles. The van der Waals surface area contributed by atoms with Crippen LogP contribution in [0.4, 0.5) is 14.5 Å². The summed E-state index contributed by atoms with van der Waals surface area (Å²) in [5.41, 5.74) is 1.57. The second-order valence-corrected chi connectivity index (χ2v) is 5.26. The number of rotatable bonds is 4. The van der Waals surface area contributed by atoms with Crippen LogP contribution in [0.5, 0.6) is 5.75 Å². The van der Waals surface area contributed by atoms with Crippen LogP contribution >= 0.6 is 15.9 Å². The highest BCUT2D eigenvalue weighted by atomic mass is 79.9. The molecule has 0 spiro atoms. The Morgan fingerprint density at radius 3 is 2.62 bits per heavy atom. The molecule has 0 aliphatic heterocycles. The number of halogens is 3. The smallest absolute Gasteiger partial charge is 0.387 e. The number of carbonyl (C=O) groups excluding carboxylic acids is 1. The summed E-state index contributed by atoms with van der Waals surface area (Å²) in [6, 6.07) is 11.3. The van der Waals surface area contributed by atoms with Gasteiger partial charge in [-0.15, -0.1) is 0 Å². The van der Waals surface area contributed by atoms with Crippen molar-refractivity contribution in [2.45, 2.75) is 13.5 Å². The first-order valence-corrected chi connectivity index (χ1v) is 6.87. The molecule has 0 radical (unpaired) electrons. The molecule has 2 aromatic carbocycles. The Morgan fingerprint density at radius 2 is 1.95 bits per heavy atom. The van der Waals surface area contributed by atoms with E-state index in [0.717, 1.165) is 10.0 Å². The molecule has 1 N–H and O–H groups in total. The number of alkyl halides is 2. The minimum Gasteiger partial charge on any atom is -0.434 e. The van der Waals surface area contributed by atoms with E-state index >= 15 is 0 Å². The number of para-hydroxylation sites is 1. The minimum atomic E-state index is -2.98. The highest BCUT2D eigenvalue weighted by Crippen LogP contribution is 2.23. The van der Waals surface area contributed by atoms with Crippen LogP contribution < -0.4 is 10.1 Å². The molecular weight excluding hydrogens is 344 g/mol. The van der Waals surface area contributed by atoms with Crippen molar-refractivity contribution in [3.05, 3.63) is 58.1 Å². The second kappa shape index (κ2) is 6.67. The van der Waals surface area contributed by atoms with Gasteiger partial charge >= 0.3 is 6.61 Å². The van der Waals surface area contributed by atoms with E-state index in [4.69, 9.17) is 0 Å². The van der Waals surface area contributed by atoms with Crippen LogP contribution in [0.1, 0.15) is 15.9 Å². The summed E-state index contributed by atoms with van der Waals surface area (Å²) in [5.74, 6) is -0.666. The van der Waals surface area contributed by atoms with Crippen molar-refractivity contribution in [3.8, 4) is 5.75 Å². The zero-order valence-corrected chi connectivity index (χ0v) is 12.7. The topological polar surface area (TPSA) is 38.3 Å². The third-order valence-electron chi connectivity index (χ3n) is 2.65. The first-order chi connectivity index (χ1) is 9.95. The van der Waals surface area contributed by atoms with Gasteiger partial charge in [0.1, 0.15) is 5.75 Å². The van der Waals surface area contributed by atoms with Gasteiger partial charge in [-0.2, -0.15) is 8.78 Å². The number of anilines is 1. The molecule has 0 fully saturated rings. The van der Waals surface area contributed by atoms with Crippen molar-refractivity contribution in [2.24, 2.45) is 0 Å². The summed E-state index contributed by atoms with van der Waals surface area (Å²) < 4.78 is 29.8. The monoisotopic (exact) mass is 355 g/mol. The molecule has 0 unspecified atom stereocenters. The Labute approximate surface area is 129 Å². The SMILES string of the molecule is Cc1cc(Br)cc(NC(=O)c2ccccc2OC(F)F)c1. The predicted octanol–water partition coefficient (Wildman–Crippen LogP) is 4.61. The summed E-state index contributed by atoms with van der Waals surface area (Å²) in [6.07, 6.45) is 0. The standard InChI is InChI=1S/C15H12BrF2NO2/c1-9-6-10(16)8-11(7-9)19-14(20)12-4-2-3-5-13(12)21-15(17)18/h2-8,15H,1H3,(H,19,20). The summed E-state index contributed by atoms with van der Waals surface area (Å²) in [5, 5.41) is 2.66. The lowest BCUT2D eigenvalue weighted by Crippen LogP contribution is -2.15. The molecule has 0 saturated carbocycles. The highest BCUT2D eigenvalue weighted by molar-refractivity contribution is 9.10. The van der Waals surface area contributed by atoms with Gasteiger partial charge in [0.25, 0.3) is 5.91 Å². The Hall–Kier alpha value is -1.95. The average Bonchev–Trinajstić information content (AvgIpc) is 2.37. The largest absolute Gasteiger partial charge is 0.434 e. The molecular formula is C15H12BrF2NO2. The molecule has 3 nitrogen and oxygen atoms in total.